The van der Waals surface area contributed by atoms with E-state index in [0.29, 0.717) is 25.7 Å². The molecule has 0 radical (unpaired) electrons. The molecule has 0 amide bonds. The first kappa shape index (κ1) is 100. The van der Waals surface area contributed by atoms with Crippen LogP contribution in [0.3, 0.4) is 0 Å². The number of unbranched alkanes of at least 4 members (excludes halogenated alkanes) is 58. The van der Waals surface area contributed by atoms with E-state index in [0.717, 1.165) is 89.9 Å². The van der Waals surface area contributed by atoms with Crippen LogP contribution in [0.5, 0.6) is 0 Å². The minimum atomic E-state index is -4.96. The number of aliphatic hydroxyl groups excluding tert-OH is 1. The molecule has 0 aliphatic rings. The van der Waals surface area contributed by atoms with Gasteiger partial charge in [0.05, 0.1) is 26.4 Å². The first-order valence-electron chi connectivity index (χ1n) is 43.3. The second kappa shape index (κ2) is 77.2. The third kappa shape index (κ3) is 76.3. The van der Waals surface area contributed by atoms with Crippen LogP contribution in [0.1, 0.15) is 451 Å². The molecular weight excluding hydrogens is 1330 g/mol. The van der Waals surface area contributed by atoms with Crippen molar-refractivity contribution < 1.29 is 80.2 Å². The molecule has 0 fully saturated rings. The summed E-state index contributed by atoms with van der Waals surface area (Å²) < 4.78 is 68.8. The number of phosphoric ester groups is 2. The average molecular weight is 1490 g/mol. The molecular formula is C83H162O17P2. The van der Waals surface area contributed by atoms with Crippen LogP contribution in [0.15, 0.2) is 0 Å². The van der Waals surface area contributed by atoms with Crippen molar-refractivity contribution in [2.45, 2.75) is 470 Å². The molecule has 0 aliphatic carbocycles. The van der Waals surface area contributed by atoms with Crippen molar-refractivity contribution >= 4 is 39.5 Å². The lowest BCUT2D eigenvalue weighted by Crippen LogP contribution is -2.30. The maximum atomic E-state index is 13.1. The Morgan fingerprint density at radius 2 is 0.392 bits per heavy atom. The van der Waals surface area contributed by atoms with Gasteiger partial charge in [0.1, 0.15) is 19.3 Å². The Hall–Kier alpha value is -1.94. The molecule has 0 aliphatic heterocycles. The Bertz CT molecular complexity index is 1930. The van der Waals surface area contributed by atoms with Gasteiger partial charge in [-0.1, -0.05) is 400 Å². The van der Waals surface area contributed by atoms with Crippen LogP contribution >= 0.6 is 15.6 Å². The van der Waals surface area contributed by atoms with Crippen molar-refractivity contribution in [1.29, 1.82) is 0 Å². The van der Waals surface area contributed by atoms with Gasteiger partial charge in [0.15, 0.2) is 12.2 Å². The van der Waals surface area contributed by atoms with E-state index in [4.69, 9.17) is 37.0 Å². The lowest BCUT2D eigenvalue weighted by atomic mass is 10.0. The van der Waals surface area contributed by atoms with Gasteiger partial charge in [0, 0.05) is 25.7 Å². The van der Waals surface area contributed by atoms with E-state index in [1.54, 1.807) is 0 Å². The van der Waals surface area contributed by atoms with E-state index in [1.165, 1.54) is 283 Å². The van der Waals surface area contributed by atoms with Crippen molar-refractivity contribution in [2.75, 3.05) is 39.6 Å². The van der Waals surface area contributed by atoms with E-state index in [2.05, 4.69) is 27.7 Å². The normalized spacial score (nSPS) is 13.8. The van der Waals surface area contributed by atoms with Crippen LogP contribution in [0.2, 0.25) is 0 Å². The van der Waals surface area contributed by atoms with Gasteiger partial charge in [-0.05, 0) is 25.7 Å². The lowest BCUT2D eigenvalue weighted by Gasteiger charge is -2.21. The molecule has 2 unspecified atom stereocenters. The zero-order valence-electron chi connectivity index (χ0n) is 66.6. The number of hydrogen-bond acceptors (Lipinski definition) is 15. The van der Waals surface area contributed by atoms with Crippen molar-refractivity contribution in [3.63, 3.8) is 0 Å². The van der Waals surface area contributed by atoms with Crippen molar-refractivity contribution in [2.24, 2.45) is 0 Å². The summed E-state index contributed by atoms with van der Waals surface area (Å²) in [5.74, 6) is -2.10. The van der Waals surface area contributed by atoms with E-state index in [-0.39, 0.29) is 25.7 Å². The minimum absolute atomic E-state index is 0.109. The van der Waals surface area contributed by atoms with Crippen LogP contribution in [0.4, 0.5) is 0 Å². The standard InChI is InChI=1S/C83H162O17P2/c1-5-9-13-17-21-25-28-31-34-37-38-39-41-44-47-50-54-58-62-66-70-83(88)100-79(74-94-81(86)68-64-60-56-52-48-45-43-40-35-32-29-26-22-18-14-10-6-2)76-98-102(91,92)96-72-77(84)71-95-101(89,90)97-75-78(73-93-80(85)67-63-59-55-51-24-20-16-12-8-4)99-82(87)69-65-61-57-53-49-46-42-36-33-30-27-23-19-15-11-7-3/h77-79,84H,5-76H2,1-4H3,(H,89,90)(H,91,92)/t77-,78+,79+/m0/s1. The quantitative estimate of drug-likeness (QED) is 0.0222. The highest BCUT2D eigenvalue weighted by molar-refractivity contribution is 7.47. The van der Waals surface area contributed by atoms with Gasteiger partial charge in [-0.15, -0.1) is 0 Å². The Balaban J connectivity index is 5.21. The molecule has 19 heteroatoms. The van der Waals surface area contributed by atoms with Crippen LogP contribution in [-0.2, 0) is 65.4 Å². The minimum Gasteiger partial charge on any atom is -0.462 e. The summed E-state index contributed by atoms with van der Waals surface area (Å²) >= 11 is 0. The highest BCUT2D eigenvalue weighted by atomic mass is 31.2. The summed E-state index contributed by atoms with van der Waals surface area (Å²) in [6.07, 6.45) is 70.8. The number of carbonyl (C=O) groups is 4. The third-order valence-corrected chi connectivity index (χ3v) is 21.5. The zero-order chi connectivity index (χ0) is 74.6. The van der Waals surface area contributed by atoms with Crippen LogP contribution in [0, 0.1) is 0 Å². The largest absolute Gasteiger partial charge is 0.472 e. The van der Waals surface area contributed by atoms with Gasteiger partial charge in [0.2, 0.25) is 0 Å². The molecule has 102 heavy (non-hydrogen) atoms. The number of ether oxygens (including phenoxy) is 4. The fourth-order valence-electron chi connectivity index (χ4n) is 13.0. The van der Waals surface area contributed by atoms with Crippen molar-refractivity contribution in [3.05, 3.63) is 0 Å². The summed E-state index contributed by atoms with van der Waals surface area (Å²) in [5.41, 5.74) is 0. The Labute approximate surface area is 626 Å². The molecule has 0 bridgehead atoms. The summed E-state index contributed by atoms with van der Waals surface area (Å²) in [7, 11) is -9.92. The molecule has 0 heterocycles. The molecule has 606 valence electrons. The molecule has 3 N–H and O–H groups in total. The first-order chi connectivity index (χ1) is 49.7. The van der Waals surface area contributed by atoms with Gasteiger partial charge in [0.25, 0.3) is 0 Å². The van der Waals surface area contributed by atoms with E-state index in [9.17, 15) is 43.2 Å². The Morgan fingerprint density at radius 1 is 0.235 bits per heavy atom. The summed E-state index contributed by atoms with van der Waals surface area (Å²) in [4.78, 5) is 73.1. The van der Waals surface area contributed by atoms with Gasteiger partial charge in [-0.25, -0.2) is 9.13 Å². The number of carbonyl (C=O) groups excluding carboxylic acids is 4. The lowest BCUT2D eigenvalue weighted by molar-refractivity contribution is -0.161. The van der Waals surface area contributed by atoms with E-state index < -0.39 is 97.5 Å². The zero-order valence-corrected chi connectivity index (χ0v) is 68.4. The van der Waals surface area contributed by atoms with Gasteiger partial charge < -0.3 is 33.8 Å². The molecule has 0 spiro atoms. The molecule has 0 aromatic rings. The Morgan fingerprint density at radius 3 is 0.578 bits per heavy atom. The van der Waals surface area contributed by atoms with Crippen molar-refractivity contribution in [1.82, 2.24) is 0 Å². The highest BCUT2D eigenvalue weighted by Crippen LogP contribution is 2.45. The molecule has 0 aromatic carbocycles. The maximum Gasteiger partial charge on any atom is 0.472 e. The molecule has 17 nitrogen and oxygen atoms in total. The fraction of sp³-hybridized carbons (Fsp3) is 0.952. The summed E-state index contributed by atoms with van der Waals surface area (Å²) in [6.45, 7) is 5.03. The number of phosphoric acid groups is 2. The number of esters is 4. The average Bonchev–Trinajstić information content (AvgIpc) is 0.917. The van der Waals surface area contributed by atoms with E-state index >= 15 is 0 Å². The van der Waals surface area contributed by atoms with Crippen LogP contribution in [-0.4, -0.2) is 96.7 Å². The van der Waals surface area contributed by atoms with Crippen LogP contribution in [0.25, 0.3) is 0 Å². The second-order valence-electron chi connectivity index (χ2n) is 29.9. The van der Waals surface area contributed by atoms with Crippen LogP contribution < -0.4 is 0 Å². The highest BCUT2D eigenvalue weighted by Gasteiger charge is 2.30. The third-order valence-electron chi connectivity index (χ3n) is 19.6. The summed E-state index contributed by atoms with van der Waals surface area (Å²) in [6, 6.07) is 0. The van der Waals surface area contributed by atoms with Crippen molar-refractivity contribution in [3.8, 4) is 0 Å². The smallest absolute Gasteiger partial charge is 0.462 e. The van der Waals surface area contributed by atoms with Gasteiger partial charge >= 0.3 is 39.5 Å². The molecule has 0 aromatic heterocycles. The molecule has 0 rings (SSSR count). The summed E-state index contributed by atoms with van der Waals surface area (Å²) in [5, 5.41) is 10.7. The van der Waals surface area contributed by atoms with E-state index in [1.807, 2.05) is 0 Å². The fourth-order valence-corrected chi connectivity index (χ4v) is 14.6. The molecule has 5 atom stereocenters. The predicted molar refractivity (Wildman–Crippen MR) is 419 cm³/mol. The Kier molecular flexibility index (Phi) is 75.8. The number of hydrogen-bond donors (Lipinski definition) is 3. The van der Waals surface area contributed by atoms with Gasteiger partial charge in [-0.2, -0.15) is 0 Å². The molecule has 0 saturated carbocycles. The topological polar surface area (TPSA) is 237 Å². The van der Waals surface area contributed by atoms with Gasteiger partial charge in [-0.3, -0.25) is 37.3 Å². The first-order valence-corrected chi connectivity index (χ1v) is 46.3. The predicted octanol–water partition coefficient (Wildman–Crippen LogP) is 25.4. The second-order valence-corrected chi connectivity index (χ2v) is 32.8. The number of aliphatic hydroxyl groups is 1. The molecule has 0 saturated heterocycles. The maximum absolute atomic E-state index is 13.1. The number of rotatable bonds is 84. The SMILES string of the molecule is CCCCCCCCCCCCCCCCCCCCCCC(=O)O[C@H](COC(=O)CCCCCCCCCCCCCCCCCCC)COP(=O)(O)OC[C@@H](O)COP(=O)(O)OC[C@@H](COC(=O)CCCCCCCCCCC)OC(=O)CCCCCCCCCCCCCCCCCC. The monoisotopic (exact) mass is 1490 g/mol.